The summed E-state index contributed by atoms with van der Waals surface area (Å²) in [5.41, 5.74) is 0.572. The van der Waals surface area contributed by atoms with E-state index in [0.29, 0.717) is 11.3 Å². The van der Waals surface area contributed by atoms with Gasteiger partial charge < -0.3 is 4.74 Å². The molecule has 2 rings (SSSR count). The zero-order chi connectivity index (χ0) is 9.26. The summed E-state index contributed by atoms with van der Waals surface area (Å²) in [5, 5.41) is 9.90. The molecule has 1 aromatic heterocycles. The lowest BCUT2D eigenvalue weighted by Gasteiger charge is -2.01. The lowest BCUT2D eigenvalue weighted by Crippen LogP contribution is -1.86. The molecule has 0 amide bonds. The average molecular weight is 190 g/mol. The minimum Gasteiger partial charge on any atom is -0.495 e. The molecule has 2 aromatic rings. The molecule has 1 aromatic carbocycles. The van der Waals surface area contributed by atoms with E-state index in [4.69, 9.17) is 10.00 Å². The van der Waals surface area contributed by atoms with Crippen molar-refractivity contribution in [2.45, 2.75) is 0 Å². The second-order valence-electron chi connectivity index (χ2n) is 2.50. The molecule has 0 atom stereocenters. The van der Waals surface area contributed by atoms with Crippen molar-refractivity contribution in [1.82, 2.24) is 4.37 Å². The largest absolute Gasteiger partial charge is 0.495 e. The maximum absolute atomic E-state index is 8.91. The Bertz CT molecular complexity index is 484. The van der Waals surface area contributed by atoms with Crippen LogP contribution < -0.4 is 4.74 Å². The Morgan fingerprint density at radius 3 is 3.08 bits per heavy atom. The molecule has 0 fully saturated rings. The average Bonchev–Trinajstić information content (AvgIpc) is 2.63. The number of nitrogens with zero attached hydrogens (tertiary/aromatic N) is 2. The Hall–Kier alpha value is -1.60. The zero-order valence-corrected chi connectivity index (χ0v) is 7.76. The van der Waals surface area contributed by atoms with Crippen LogP contribution in [-0.2, 0) is 0 Å². The van der Waals surface area contributed by atoms with Crippen molar-refractivity contribution in [1.29, 1.82) is 5.26 Å². The van der Waals surface area contributed by atoms with Gasteiger partial charge in [0.05, 0.1) is 11.8 Å². The molecule has 0 aliphatic carbocycles. The van der Waals surface area contributed by atoms with Crippen molar-refractivity contribution in [3.63, 3.8) is 0 Å². The van der Waals surface area contributed by atoms with Gasteiger partial charge in [-0.2, -0.15) is 9.64 Å². The smallest absolute Gasteiger partial charge is 0.138 e. The second-order valence-corrected chi connectivity index (χ2v) is 3.30. The molecule has 1 heterocycles. The standard InChI is InChI=1S/C9H6N2OS/c1-12-8-3-2-6-5-11-13-9(6)7(8)4-10/h2-3,5H,1H3. The quantitative estimate of drug-likeness (QED) is 0.692. The highest BCUT2D eigenvalue weighted by atomic mass is 32.1. The SMILES string of the molecule is COc1ccc2cnsc2c1C#N. The molecule has 0 spiro atoms. The molecular formula is C9H6N2OS. The predicted molar refractivity (Wildman–Crippen MR) is 50.9 cm³/mol. The zero-order valence-electron chi connectivity index (χ0n) is 6.94. The second kappa shape index (κ2) is 3.04. The number of aromatic nitrogens is 1. The summed E-state index contributed by atoms with van der Waals surface area (Å²) in [6.45, 7) is 0. The number of hydrogen-bond donors (Lipinski definition) is 0. The van der Waals surface area contributed by atoms with Gasteiger partial charge in [0.2, 0.25) is 0 Å². The lowest BCUT2D eigenvalue weighted by molar-refractivity contribution is 0.414. The summed E-state index contributed by atoms with van der Waals surface area (Å²) in [6, 6.07) is 5.81. The Morgan fingerprint density at radius 1 is 1.54 bits per heavy atom. The van der Waals surface area contributed by atoms with Gasteiger partial charge in [0, 0.05) is 11.6 Å². The molecule has 0 saturated heterocycles. The molecule has 0 saturated carbocycles. The van der Waals surface area contributed by atoms with Gasteiger partial charge in [-0.05, 0) is 23.7 Å². The molecule has 0 radical (unpaired) electrons. The highest BCUT2D eigenvalue weighted by molar-refractivity contribution is 7.13. The minimum absolute atomic E-state index is 0.572. The van der Waals surface area contributed by atoms with Gasteiger partial charge in [-0.15, -0.1) is 0 Å². The molecule has 0 aliphatic rings. The summed E-state index contributed by atoms with van der Waals surface area (Å²) in [7, 11) is 1.56. The molecule has 3 nitrogen and oxygen atoms in total. The Labute approximate surface area is 79.4 Å². The number of fused-ring (bicyclic) bond motifs is 1. The van der Waals surface area contributed by atoms with Crippen molar-refractivity contribution in [3.05, 3.63) is 23.9 Å². The third kappa shape index (κ3) is 1.14. The highest BCUT2D eigenvalue weighted by Crippen LogP contribution is 2.29. The first-order valence-electron chi connectivity index (χ1n) is 3.68. The van der Waals surface area contributed by atoms with E-state index >= 15 is 0 Å². The molecule has 0 aliphatic heterocycles. The van der Waals surface area contributed by atoms with Gasteiger partial charge >= 0.3 is 0 Å². The van der Waals surface area contributed by atoms with E-state index in [2.05, 4.69) is 10.4 Å². The maximum atomic E-state index is 8.91. The van der Waals surface area contributed by atoms with Crippen LogP contribution in [0.5, 0.6) is 5.75 Å². The van der Waals surface area contributed by atoms with Gasteiger partial charge in [0.1, 0.15) is 17.4 Å². The topological polar surface area (TPSA) is 45.9 Å². The van der Waals surface area contributed by atoms with Crippen LogP contribution in [0.2, 0.25) is 0 Å². The van der Waals surface area contributed by atoms with Gasteiger partial charge in [-0.25, -0.2) is 0 Å². The van der Waals surface area contributed by atoms with Crippen LogP contribution in [0.15, 0.2) is 18.3 Å². The molecule has 0 N–H and O–H groups in total. The normalized spacial score (nSPS) is 9.85. The first-order chi connectivity index (χ1) is 6.36. The van der Waals surface area contributed by atoms with Crippen LogP contribution in [0.25, 0.3) is 10.1 Å². The molecule has 0 unspecified atom stereocenters. The lowest BCUT2D eigenvalue weighted by atomic mass is 10.2. The summed E-state index contributed by atoms with van der Waals surface area (Å²) >= 11 is 1.32. The summed E-state index contributed by atoms with van der Waals surface area (Å²) in [4.78, 5) is 0. The number of benzene rings is 1. The number of rotatable bonds is 1. The van der Waals surface area contributed by atoms with Gasteiger partial charge in [0.15, 0.2) is 0 Å². The number of nitriles is 1. The van der Waals surface area contributed by atoms with E-state index in [-0.39, 0.29) is 0 Å². The van der Waals surface area contributed by atoms with Gasteiger partial charge in [-0.1, -0.05) is 0 Å². The number of methoxy groups -OCH3 is 1. The van der Waals surface area contributed by atoms with E-state index in [1.807, 2.05) is 6.07 Å². The van der Waals surface area contributed by atoms with Crippen molar-refractivity contribution in [3.8, 4) is 11.8 Å². The fourth-order valence-corrected chi connectivity index (χ4v) is 1.93. The number of ether oxygens (including phenoxy) is 1. The third-order valence-corrected chi connectivity index (χ3v) is 2.65. The highest BCUT2D eigenvalue weighted by Gasteiger charge is 2.08. The molecule has 0 bridgehead atoms. The first-order valence-corrected chi connectivity index (χ1v) is 4.45. The Morgan fingerprint density at radius 2 is 2.38 bits per heavy atom. The fourth-order valence-electron chi connectivity index (χ4n) is 1.19. The van der Waals surface area contributed by atoms with Crippen molar-refractivity contribution in [2.75, 3.05) is 7.11 Å². The van der Waals surface area contributed by atoms with Crippen LogP contribution in [0, 0.1) is 11.3 Å². The van der Waals surface area contributed by atoms with E-state index < -0.39 is 0 Å². The maximum Gasteiger partial charge on any atom is 0.138 e. The van der Waals surface area contributed by atoms with E-state index in [9.17, 15) is 0 Å². The molecule has 64 valence electrons. The fraction of sp³-hybridized carbons (Fsp3) is 0.111. The molecular weight excluding hydrogens is 184 g/mol. The summed E-state index contributed by atoms with van der Waals surface area (Å²) < 4.78 is 9.98. The van der Waals surface area contributed by atoms with E-state index in [1.165, 1.54) is 11.5 Å². The van der Waals surface area contributed by atoms with Crippen LogP contribution >= 0.6 is 11.5 Å². The third-order valence-electron chi connectivity index (χ3n) is 1.82. The monoisotopic (exact) mass is 190 g/mol. The van der Waals surface area contributed by atoms with Crippen LogP contribution in [0.4, 0.5) is 0 Å². The van der Waals surface area contributed by atoms with Gasteiger partial charge in [-0.3, -0.25) is 0 Å². The molecule has 13 heavy (non-hydrogen) atoms. The minimum atomic E-state index is 0.572. The van der Waals surface area contributed by atoms with Crippen molar-refractivity contribution in [2.24, 2.45) is 0 Å². The number of hydrogen-bond acceptors (Lipinski definition) is 4. The van der Waals surface area contributed by atoms with Crippen LogP contribution in [0.1, 0.15) is 5.56 Å². The van der Waals surface area contributed by atoms with Crippen molar-refractivity contribution >= 4 is 21.6 Å². The van der Waals surface area contributed by atoms with Gasteiger partial charge in [0.25, 0.3) is 0 Å². The predicted octanol–water partition coefficient (Wildman–Crippen LogP) is 2.18. The Kier molecular flexibility index (Phi) is 1.87. The van der Waals surface area contributed by atoms with Crippen LogP contribution in [0.3, 0.4) is 0 Å². The molecule has 4 heteroatoms. The summed E-state index contributed by atoms with van der Waals surface area (Å²) in [6.07, 6.45) is 1.75. The van der Waals surface area contributed by atoms with Crippen LogP contribution in [-0.4, -0.2) is 11.5 Å². The summed E-state index contributed by atoms with van der Waals surface area (Å²) in [5.74, 6) is 0.610. The van der Waals surface area contributed by atoms with Crippen molar-refractivity contribution < 1.29 is 4.74 Å². The van der Waals surface area contributed by atoms with E-state index in [1.54, 1.807) is 19.4 Å². The first kappa shape index (κ1) is 8.02. The Balaban J connectivity index is 2.84. The van der Waals surface area contributed by atoms with E-state index in [0.717, 1.165) is 10.1 Å².